The molecule has 14 heavy (non-hydrogen) atoms. The average Bonchev–Trinajstić information content (AvgIpc) is 2.17. The highest BCUT2D eigenvalue weighted by Crippen LogP contribution is 2.18. The second kappa shape index (κ2) is 3.93. The predicted molar refractivity (Wildman–Crippen MR) is 46.4 cm³/mol. The van der Waals surface area contributed by atoms with Crippen molar-refractivity contribution in [3.05, 3.63) is 39.7 Å². The molecule has 0 aliphatic heterocycles. The van der Waals surface area contributed by atoms with Gasteiger partial charge in [-0.2, -0.15) is 4.39 Å². The largest absolute Gasteiger partial charge is 0.324 e. The molecule has 1 rings (SSSR count). The van der Waals surface area contributed by atoms with Crippen molar-refractivity contribution in [1.82, 2.24) is 0 Å². The summed E-state index contributed by atoms with van der Waals surface area (Å²) < 4.78 is 12.8. The van der Waals surface area contributed by atoms with Crippen LogP contribution in [0, 0.1) is 15.9 Å². The number of nitro groups is 1. The summed E-state index contributed by atoms with van der Waals surface area (Å²) in [5.41, 5.74) is 4.38. The molecule has 5 nitrogen and oxygen atoms in total. The number of hydrogen-bond donors (Lipinski definition) is 1. The molecule has 0 aliphatic carbocycles. The number of carbonyl (C=O) groups excluding carboxylic acids is 1. The maximum atomic E-state index is 12.8. The van der Waals surface area contributed by atoms with Crippen LogP contribution in [-0.4, -0.2) is 17.3 Å². The Balaban J connectivity index is 3.19. The second-order valence-corrected chi connectivity index (χ2v) is 2.55. The van der Waals surface area contributed by atoms with Crippen LogP contribution in [0.1, 0.15) is 10.4 Å². The van der Waals surface area contributed by atoms with E-state index in [9.17, 15) is 19.3 Å². The fourth-order valence-corrected chi connectivity index (χ4v) is 0.944. The number of nitrogens with two attached hydrogens (primary N) is 1. The zero-order valence-corrected chi connectivity index (χ0v) is 7.07. The molecule has 0 saturated carbocycles. The summed E-state index contributed by atoms with van der Waals surface area (Å²) >= 11 is 0. The minimum atomic E-state index is -0.969. The number of rotatable bonds is 3. The number of hydrogen-bond acceptors (Lipinski definition) is 4. The summed E-state index contributed by atoms with van der Waals surface area (Å²) in [5.74, 6) is -1.43. The average molecular weight is 198 g/mol. The first-order valence-corrected chi connectivity index (χ1v) is 3.73. The first-order chi connectivity index (χ1) is 6.56. The summed E-state index contributed by atoms with van der Waals surface area (Å²) in [4.78, 5) is 20.5. The quantitative estimate of drug-likeness (QED) is 0.443. The minimum Gasteiger partial charge on any atom is -0.324 e. The molecule has 0 heterocycles. The van der Waals surface area contributed by atoms with Crippen molar-refractivity contribution < 1.29 is 14.1 Å². The molecule has 6 heteroatoms. The summed E-state index contributed by atoms with van der Waals surface area (Å²) in [7, 11) is 0. The molecule has 0 unspecified atom stereocenters. The van der Waals surface area contributed by atoms with Crippen LogP contribution in [0.25, 0.3) is 0 Å². The van der Waals surface area contributed by atoms with E-state index < -0.39 is 22.2 Å². The number of nitrogens with zero attached hydrogens (tertiary/aromatic N) is 1. The van der Waals surface area contributed by atoms with Crippen molar-refractivity contribution in [2.45, 2.75) is 0 Å². The van der Waals surface area contributed by atoms with Crippen LogP contribution in [0.5, 0.6) is 0 Å². The van der Waals surface area contributed by atoms with Crippen LogP contribution >= 0.6 is 0 Å². The van der Waals surface area contributed by atoms with Crippen LogP contribution in [0.2, 0.25) is 0 Å². The molecule has 1 aromatic rings. The second-order valence-electron chi connectivity index (χ2n) is 2.55. The van der Waals surface area contributed by atoms with Crippen LogP contribution in [0.4, 0.5) is 10.1 Å². The van der Waals surface area contributed by atoms with Crippen LogP contribution in [-0.2, 0) is 0 Å². The van der Waals surface area contributed by atoms with Gasteiger partial charge in [0.1, 0.15) is 0 Å². The Kier molecular flexibility index (Phi) is 2.88. The zero-order chi connectivity index (χ0) is 10.7. The Hall–Kier alpha value is -1.82. The highest BCUT2D eigenvalue weighted by molar-refractivity contribution is 5.98. The zero-order valence-electron chi connectivity index (χ0n) is 7.07. The minimum absolute atomic E-state index is 0.0422. The van der Waals surface area contributed by atoms with Crippen molar-refractivity contribution in [2.24, 2.45) is 5.73 Å². The van der Waals surface area contributed by atoms with Gasteiger partial charge in [-0.25, -0.2) is 0 Å². The van der Waals surface area contributed by atoms with Crippen molar-refractivity contribution >= 4 is 11.5 Å². The molecule has 0 amide bonds. The van der Waals surface area contributed by atoms with Gasteiger partial charge in [0.05, 0.1) is 11.5 Å². The molecule has 0 atom stereocenters. The standard InChI is InChI=1S/C8H7FN2O3/c9-6-2-1-5(8(12)4-10)3-7(6)11(13)14/h1-3H,4,10H2. The Morgan fingerprint density at radius 2 is 2.21 bits per heavy atom. The lowest BCUT2D eigenvalue weighted by molar-refractivity contribution is -0.387. The maximum absolute atomic E-state index is 12.8. The van der Waals surface area contributed by atoms with Crippen molar-refractivity contribution in [1.29, 1.82) is 0 Å². The van der Waals surface area contributed by atoms with Gasteiger partial charge in [-0.3, -0.25) is 14.9 Å². The number of Topliss-reactive ketones (excluding diaryl/α,β-unsaturated/α-hetero) is 1. The van der Waals surface area contributed by atoms with Gasteiger partial charge in [0.15, 0.2) is 5.78 Å². The van der Waals surface area contributed by atoms with E-state index in [4.69, 9.17) is 5.73 Å². The number of carbonyl (C=O) groups is 1. The van der Waals surface area contributed by atoms with E-state index in [0.29, 0.717) is 0 Å². The third-order valence-corrected chi connectivity index (χ3v) is 1.65. The first-order valence-electron chi connectivity index (χ1n) is 3.73. The van der Waals surface area contributed by atoms with E-state index in [1.54, 1.807) is 0 Å². The van der Waals surface area contributed by atoms with Crippen LogP contribution in [0.15, 0.2) is 18.2 Å². The number of halogens is 1. The van der Waals surface area contributed by atoms with E-state index in [0.717, 1.165) is 18.2 Å². The van der Waals surface area contributed by atoms with Gasteiger partial charge >= 0.3 is 5.69 Å². The molecule has 0 aromatic heterocycles. The van der Waals surface area contributed by atoms with Gasteiger partial charge in [0.25, 0.3) is 0 Å². The van der Waals surface area contributed by atoms with Crippen molar-refractivity contribution in [3.63, 3.8) is 0 Å². The Morgan fingerprint density at radius 3 is 2.71 bits per heavy atom. The van der Waals surface area contributed by atoms with Gasteiger partial charge in [-0.1, -0.05) is 0 Å². The van der Waals surface area contributed by atoms with Gasteiger partial charge in [-0.05, 0) is 12.1 Å². The predicted octanol–water partition coefficient (Wildman–Crippen LogP) is 0.875. The van der Waals surface area contributed by atoms with Gasteiger partial charge in [0, 0.05) is 11.6 Å². The van der Waals surface area contributed by atoms with E-state index in [1.165, 1.54) is 0 Å². The molecule has 0 radical (unpaired) electrons. The highest BCUT2D eigenvalue weighted by Gasteiger charge is 2.16. The summed E-state index contributed by atoms with van der Waals surface area (Å²) in [6, 6.07) is 2.92. The van der Waals surface area contributed by atoms with E-state index >= 15 is 0 Å². The normalized spacial score (nSPS) is 9.86. The van der Waals surface area contributed by atoms with Crippen LogP contribution < -0.4 is 5.73 Å². The Morgan fingerprint density at radius 1 is 1.57 bits per heavy atom. The van der Waals surface area contributed by atoms with E-state index in [-0.39, 0.29) is 12.1 Å². The molecule has 0 saturated heterocycles. The Bertz CT molecular complexity index is 392. The lowest BCUT2D eigenvalue weighted by Gasteiger charge is -1.98. The fraction of sp³-hybridized carbons (Fsp3) is 0.125. The molecular weight excluding hydrogens is 191 g/mol. The molecule has 0 aliphatic rings. The molecule has 0 bridgehead atoms. The maximum Gasteiger partial charge on any atom is 0.305 e. The van der Waals surface area contributed by atoms with E-state index in [1.807, 2.05) is 0 Å². The fourth-order valence-electron chi connectivity index (χ4n) is 0.944. The highest BCUT2D eigenvalue weighted by atomic mass is 19.1. The lowest BCUT2D eigenvalue weighted by Crippen LogP contribution is -2.13. The molecule has 1 aromatic carbocycles. The van der Waals surface area contributed by atoms with Gasteiger partial charge < -0.3 is 5.73 Å². The smallest absolute Gasteiger partial charge is 0.305 e. The first kappa shape index (κ1) is 10.3. The van der Waals surface area contributed by atoms with Gasteiger partial charge in [-0.15, -0.1) is 0 Å². The summed E-state index contributed by atoms with van der Waals surface area (Å²) in [6.45, 7) is -0.261. The SMILES string of the molecule is NCC(=O)c1ccc(F)c([N+](=O)[O-])c1. The number of benzene rings is 1. The molecule has 0 fully saturated rings. The monoisotopic (exact) mass is 198 g/mol. The van der Waals surface area contributed by atoms with Gasteiger partial charge in [0.2, 0.25) is 5.82 Å². The number of ketones is 1. The summed E-state index contributed by atoms with van der Waals surface area (Å²) in [6.07, 6.45) is 0. The summed E-state index contributed by atoms with van der Waals surface area (Å²) in [5, 5.41) is 10.3. The third-order valence-electron chi connectivity index (χ3n) is 1.65. The third kappa shape index (κ3) is 1.91. The van der Waals surface area contributed by atoms with E-state index in [2.05, 4.69) is 0 Å². The van der Waals surface area contributed by atoms with Crippen LogP contribution in [0.3, 0.4) is 0 Å². The topological polar surface area (TPSA) is 86.2 Å². The molecule has 2 N–H and O–H groups in total. The molecular formula is C8H7FN2O3. The molecule has 0 spiro atoms. The molecule has 74 valence electrons. The van der Waals surface area contributed by atoms with Crippen molar-refractivity contribution in [2.75, 3.05) is 6.54 Å². The lowest BCUT2D eigenvalue weighted by atomic mass is 10.1. The number of nitro benzene ring substituents is 1. The van der Waals surface area contributed by atoms with Crippen molar-refractivity contribution in [3.8, 4) is 0 Å². The Labute approximate surface area is 78.5 Å².